The molecule has 0 radical (unpaired) electrons. The molecule has 1 fully saturated rings. The van der Waals surface area contributed by atoms with Crippen molar-refractivity contribution in [2.75, 3.05) is 13.1 Å². The number of hydrogen-bond donors (Lipinski definition) is 2. The standard InChI is InChI=1S/C9H11N3O/c1-2-5-11-8(13)12-7-9(6-10)3-4-9/h1H,3-5,7H2,(H2,11,12,13). The number of rotatable bonds is 3. The van der Waals surface area contributed by atoms with E-state index in [1.165, 1.54) is 0 Å². The summed E-state index contributed by atoms with van der Waals surface area (Å²) in [6.07, 6.45) is 6.70. The Morgan fingerprint density at radius 3 is 2.69 bits per heavy atom. The Morgan fingerprint density at radius 1 is 1.54 bits per heavy atom. The highest BCUT2D eigenvalue weighted by Gasteiger charge is 2.43. The zero-order chi connectivity index (χ0) is 9.73. The fourth-order valence-electron chi connectivity index (χ4n) is 0.922. The number of nitrogens with zero attached hydrogens (tertiary/aromatic N) is 1. The number of carbonyl (C=O) groups is 1. The largest absolute Gasteiger partial charge is 0.337 e. The Balaban J connectivity index is 2.17. The van der Waals surface area contributed by atoms with Gasteiger partial charge in [0.05, 0.1) is 18.0 Å². The van der Waals surface area contributed by atoms with Gasteiger partial charge in [-0.25, -0.2) is 4.79 Å². The van der Waals surface area contributed by atoms with Gasteiger partial charge in [0, 0.05) is 6.54 Å². The van der Waals surface area contributed by atoms with Crippen LogP contribution in [0.2, 0.25) is 0 Å². The van der Waals surface area contributed by atoms with E-state index >= 15 is 0 Å². The summed E-state index contributed by atoms with van der Waals surface area (Å²) in [6.45, 7) is 0.630. The van der Waals surface area contributed by atoms with E-state index in [0.717, 1.165) is 12.8 Å². The molecule has 1 aliphatic carbocycles. The van der Waals surface area contributed by atoms with Crippen LogP contribution in [0, 0.1) is 29.1 Å². The molecule has 2 amide bonds. The fourth-order valence-corrected chi connectivity index (χ4v) is 0.922. The summed E-state index contributed by atoms with van der Waals surface area (Å²) in [4.78, 5) is 11.0. The molecule has 0 bridgehead atoms. The van der Waals surface area contributed by atoms with Gasteiger partial charge >= 0.3 is 6.03 Å². The Hall–Kier alpha value is -1.68. The molecule has 0 aromatic carbocycles. The average Bonchev–Trinajstić information content (AvgIpc) is 2.92. The number of nitriles is 1. The number of nitrogens with one attached hydrogen (secondary N) is 2. The summed E-state index contributed by atoms with van der Waals surface area (Å²) >= 11 is 0. The lowest BCUT2D eigenvalue weighted by molar-refractivity contribution is 0.240. The molecule has 0 unspecified atom stereocenters. The highest BCUT2D eigenvalue weighted by molar-refractivity contribution is 5.74. The van der Waals surface area contributed by atoms with Gasteiger partial charge in [-0.2, -0.15) is 5.26 Å². The first-order valence-electron chi connectivity index (χ1n) is 4.09. The quantitative estimate of drug-likeness (QED) is 0.606. The lowest BCUT2D eigenvalue weighted by atomic mass is 10.1. The zero-order valence-electron chi connectivity index (χ0n) is 7.26. The molecule has 4 heteroatoms. The molecule has 1 saturated carbocycles. The molecule has 0 aliphatic heterocycles. The van der Waals surface area contributed by atoms with Crippen molar-refractivity contribution in [2.24, 2.45) is 5.41 Å². The van der Waals surface area contributed by atoms with Gasteiger partial charge in [-0.3, -0.25) is 0 Å². The van der Waals surface area contributed by atoms with Gasteiger partial charge in [-0.05, 0) is 12.8 Å². The van der Waals surface area contributed by atoms with Crippen LogP contribution in [0.3, 0.4) is 0 Å². The molecule has 1 aliphatic rings. The predicted molar refractivity (Wildman–Crippen MR) is 47.5 cm³/mol. The van der Waals surface area contributed by atoms with Crippen LogP contribution >= 0.6 is 0 Å². The summed E-state index contributed by atoms with van der Waals surface area (Å²) in [5.74, 6) is 2.29. The van der Waals surface area contributed by atoms with E-state index < -0.39 is 0 Å². The van der Waals surface area contributed by atoms with Crippen molar-refractivity contribution in [1.82, 2.24) is 10.6 Å². The van der Waals surface area contributed by atoms with Crippen molar-refractivity contribution < 1.29 is 4.79 Å². The van der Waals surface area contributed by atoms with E-state index in [-0.39, 0.29) is 18.0 Å². The molecular formula is C9H11N3O. The molecule has 0 saturated heterocycles. The maximum atomic E-state index is 11.0. The van der Waals surface area contributed by atoms with E-state index in [9.17, 15) is 4.79 Å². The third kappa shape index (κ3) is 2.68. The zero-order valence-corrected chi connectivity index (χ0v) is 7.26. The van der Waals surface area contributed by atoms with Crippen LogP contribution in [-0.2, 0) is 0 Å². The molecule has 4 nitrogen and oxygen atoms in total. The molecule has 0 aromatic heterocycles. The topological polar surface area (TPSA) is 64.9 Å². The normalized spacial score (nSPS) is 16.5. The summed E-state index contributed by atoms with van der Waals surface area (Å²) in [7, 11) is 0. The molecule has 13 heavy (non-hydrogen) atoms. The van der Waals surface area contributed by atoms with Crippen molar-refractivity contribution >= 4 is 6.03 Å². The molecule has 0 atom stereocenters. The fraction of sp³-hybridized carbons (Fsp3) is 0.556. The second-order valence-corrected chi connectivity index (χ2v) is 3.13. The first-order chi connectivity index (χ1) is 6.22. The van der Waals surface area contributed by atoms with Gasteiger partial charge in [0.2, 0.25) is 0 Å². The minimum absolute atomic E-state index is 0.214. The Bertz CT molecular complexity index is 280. The molecule has 0 spiro atoms. The number of hydrogen-bond acceptors (Lipinski definition) is 2. The summed E-state index contributed by atoms with van der Waals surface area (Å²) < 4.78 is 0. The monoisotopic (exact) mass is 177 g/mol. The van der Waals surface area contributed by atoms with E-state index in [4.69, 9.17) is 11.7 Å². The van der Waals surface area contributed by atoms with Crippen LogP contribution in [0.5, 0.6) is 0 Å². The van der Waals surface area contributed by atoms with Crippen LogP contribution in [0.25, 0.3) is 0 Å². The summed E-state index contributed by atoms with van der Waals surface area (Å²) in [5, 5.41) is 13.8. The van der Waals surface area contributed by atoms with Crippen LogP contribution < -0.4 is 10.6 Å². The molecule has 0 aromatic rings. The molecule has 0 heterocycles. The average molecular weight is 177 g/mol. The van der Waals surface area contributed by atoms with Crippen molar-refractivity contribution in [3.05, 3.63) is 0 Å². The maximum Gasteiger partial charge on any atom is 0.315 e. The van der Waals surface area contributed by atoms with Gasteiger partial charge in [-0.15, -0.1) is 6.42 Å². The SMILES string of the molecule is C#CCNC(=O)NCC1(C#N)CC1. The summed E-state index contributed by atoms with van der Waals surface area (Å²) in [6, 6.07) is 1.88. The third-order valence-corrected chi connectivity index (χ3v) is 2.03. The Labute approximate surface area is 77.3 Å². The van der Waals surface area contributed by atoms with Gasteiger partial charge in [0.25, 0.3) is 0 Å². The van der Waals surface area contributed by atoms with Gasteiger partial charge in [-0.1, -0.05) is 5.92 Å². The highest BCUT2D eigenvalue weighted by atomic mass is 16.2. The second-order valence-electron chi connectivity index (χ2n) is 3.13. The number of urea groups is 1. The second kappa shape index (κ2) is 3.82. The third-order valence-electron chi connectivity index (χ3n) is 2.03. The van der Waals surface area contributed by atoms with Crippen LogP contribution in [0.4, 0.5) is 4.79 Å². The van der Waals surface area contributed by atoms with Crippen LogP contribution in [0.15, 0.2) is 0 Å². The van der Waals surface area contributed by atoms with Gasteiger partial charge in [0.1, 0.15) is 0 Å². The minimum atomic E-state index is -0.306. The van der Waals surface area contributed by atoms with Gasteiger partial charge in [0.15, 0.2) is 0 Å². The van der Waals surface area contributed by atoms with Crippen molar-refractivity contribution in [2.45, 2.75) is 12.8 Å². The number of carbonyl (C=O) groups excluding carboxylic acids is 1. The van der Waals surface area contributed by atoms with Crippen LogP contribution in [0.1, 0.15) is 12.8 Å². The lowest BCUT2D eigenvalue weighted by Crippen LogP contribution is -2.38. The number of amides is 2. The van der Waals surface area contributed by atoms with E-state index in [1.54, 1.807) is 0 Å². The smallest absolute Gasteiger partial charge is 0.315 e. The highest BCUT2D eigenvalue weighted by Crippen LogP contribution is 2.43. The first kappa shape index (κ1) is 9.41. The van der Waals surface area contributed by atoms with Gasteiger partial charge < -0.3 is 10.6 Å². The molecule has 68 valence electrons. The van der Waals surface area contributed by atoms with Crippen molar-refractivity contribution in [1.29, 1.82) is 5.26 Å². The summed E-state index contributed by atoms with van der Waals surface area (Å²) in [5.41, 5.74) is -0.298. The Kier molecular flexibility index (Phi) is 2.76. The van der Waals surface area contributed by atoms with E-state index in [0.29, 0.717) is 6.54 Å². The number of terminal acetylenes is 1. The van der Waals surface area contributed by atoms with Crippen LogP contribution in [-0.4, -0.2) is 19.1 Å². The van der Waals surface area contributed by atoms with Crippen molar-refractivity contribution in [3.8, 4) is 18.4 Å². The molecule has 1 rings (SSSR count). The predicted octanol–water partition coefficient (Wildman–Crippen LogP) is 0.223. The maximum absolute atomic E-state index is 11.0. The lowest BCUT2D eigenvalue weighted by Gasteiger charge is -2.07. The Morgan fingerprint density at radius 2 is 2.23 bits per heavy atom. The van der Waals surface area contributed by atoms with Crippen molar-refractivity contribution in [3.63, 3.8) is 0 Å². The minimum Gasteiger partial charge on any atom is -0.337 e. The first-order valence-corrected chi connectivity index (χ1v) is 4.09. The molecular weight excluding hydrogens is 166 g/mol. The molecule has 2 N–H and O–H groups in total. The van der Waals surface area contributed by atoms with E-state index in [1.807, 2.05) is 0 Å². The van der Waals surface area contributed by atoms with E-state index in [2.05, 4.69) is 22.6 Å².